The first-order chi connectivity index (χ1) is 15.7. The lowest BCUT2D eigenvalue weighted by atomic mass is 10.1. The van der Waals surface area contributed by atoms with Crippen molar-refractivity contribution in [2.24, 2.45) is 0 Å². The molecule has 2 unspecified atom stereocenters. The zero-order valence-corrected chi connectivity index (χ0v) is 18.5. The zero-order valence-electron chi connectivity index (χ0n) is 18.5. The first-order valence-corrected chi connectivity index (χ1v) is 11.3. The quantitative estimate of drug-likeness (QED) is 0.404. The molecule has 2 aromatic heterocycles. The SMILES string of the molecule is Cc1cc2c(cc1NCC1CCCN1)ncn2-c1ccnc(NC(C)c2ccccc2)n1. The molecule has 2 aromatic carbocycles. The van der Waals surface area contributed by atoms with Crippen LogP contribution in [0.25, 0.3) is 16.9 Å². The fourth-order valence-electron chi connectivity index (χ4n) is 4.27. The molecular weight excluding hydrogens is 398 g/mol. The number of nitrogens with one attached hydrogen (secondary N) is 3. The maximum absolute atomic E-state index is 4.75. The molecule has 164 valence electrons. The molecular formula is C25H29N7. The molecule has 0 spiro atoms. The van der Waals surface area contributed by atoms with E-state index in [0.717, 1.165) is 35.6 Å². The molecule has 3 heterocycles. The third-order valence-electron chi connectivity index (χ3n) is 6.13. The summed E-state index contributed by atoms with van der Waals surface area (Å²) in [6.45, 7) is 6.30. The molecule has 4 aromatic rings. The maximum atomic E-state index is 4.75. The molecule has 0 bridgehead atoms. The van der Waals surface area contributed by atoms with E-state index < -0.39 is 0 Å². The highest BCUT2D eigenvalue weighted by atomic mass is 15.2. The molecule has 32 heavy (non-hydrogen) atoms. The molecule has 1 aliphatic rings. The number of fused-ring (bicyclic) bond motifs is 1. The fraction of sp³-hybridized carbons (Fsp3) is 0.320. The standard InChI is InChI=1S/C25H29N7/c1-17-13-23-22(14-21(17)28-15-20-9-6-11-26-20)29-16-32(23)24-10-12-27-25(31-24)30-18(2)19-7-4-3-5-8-19/h3-5,7-8,10,12-14,16,18,20,26,28H,6,9,11,15H2,1-2H3,(H,27,30,31). The van der Waals surface area contributed by atoms with Crippen LogP contribution >= 0.6 is 0 Å². The Morgan fingerprint density at radius 3 is 2.84 bits per heavy atom. The largest absolute Gasteiger partial charge is 0.383 e. The van der Waals surface area contributed by atoms with Gasteiger partial charge in [0.1, 0.15) is 12.1 Å². The van der Waals surface area contributed by atoms with Crippen molar-refractivity contribution in [1.29, 1.82) is 0 Å². The van der Waals surface area contributed by atoms with Crippen molar-refractivity contribution >= 4 is 22.7 Å². The fourth-order valence-corrected chi connectivity index (χ4v) is 4.27. The third kappa shape index (κ3) is 4.29. The maximum Gasteiger partial charge on any atom is 0.225 e. The van der Waals surface area contributed by atoms with Crippen molar-refractivity contribution in [2.75, 3.05) is 23.7 Å². The van der Waals surface area contributed by atoms with Crippen LogP contribution in [-0.2, 0) is 0 Å². The average molecular weight is 428 g/mol. The molecule has 0 radical (unpaired) electrons. The van der Waals surface area contributed by atoms with E-state index in [1.54, 1.807) is 6.20 Å². The minimum Gasteiger partial charge on any atom is -0.383 e. The van der Waals surface area contributed by atoms with Crippen LogP contribution in [-0.4, -0.2) is 38.7 Å². The monoisotopic (exact) mass is 427 g/mol. The van der Waals surface area contributed by atoms with Gasteiger partial charge in [0.2, 0.25) is 5.95 Å². The Hall–Kier alpha value is -3.45. The van der Waals surface area contributed by atoms with Crippen LogP contribution in [0.15, 0.2) is 61.1 Å². The molecule has 2 atom stereocenters. The summed E-state index contributed by atoms with van der Waals surface area (Å²) >= 11 is 0. The highest BCUT2D eigenvalue weighted by Crippen LogP contribution is 2.25. The van der Waals surface area contributed by atoms with E-state index in [2.05, 4.69) is 64.0 Å². The molecule has 0 aliphatic carbocycles. The summed E-state index contributed by atoms with van der Waals surface area (Å²) in [5, 5.41) is 10.5. The van der Waals surface area contributed by atoms with E-state index in [1.807, 2.05) is 35.2 Å². The van der Waals surface area contributed by atoms with Gasteiger partial charge in [-0.3, -0.25) is 4.57 Å². The van der Waals surface area contributed by atoms with Gasteiger partial charge in [-0.1, -0.05) is 30.3 Å². The first-order valence-electron chi connectivity index (χ1n) is 11.3. The summed E-state index contributed by atoms with van der Waals surface area (Å²) in [6.07, 6.45) is 6.11. The Kier molecular flexibility index (Phi) is 5.73. The van der Waals surface area contributed by atoms with Crippen molar-refractivity contribution < 1.29 is 0 Å². The molecule has 1 aliphatic heterocycles. The van der Waals surface area contributed by atoms with Crippen molar-refractivity contribution in [3.63, 3.8) is 0 Å². The average Bonchev–Trinajstić information content (AvgIpc) is 3.48. The minimum atomic E-state index is 0.108. The topological polar surface area (TPSA) is 79.7 Å². The summed E-state index contributed by atoms with van der Waals surface area (Å²) in [4.78, 5) is 13.8. The van der Waals surface area contributed by atoms with E-state index in [4.69, 9.17) is 4.98 Å². The van der Waals surface area contributed by atoms with Gasteiger partial charge in [0, 0.05) is 24.5 Å². The second-order valence-electron chi connectivity index (χ2n) is 8.46. The van der Waals surface area contributed by atoms with E-state index >= 15 is 0 Å². The highest BCUT2D eigenvalue weighted by Gasteiger charge is 2.15. The summed E-state index contributed by atoms with van der Waals surface area (Å²) in [5.74, 6) is 1.39. The lowest BCUT2D eigenvalue weighted by Crippen LogP contribution is -2.29. The molecule has 0 amide bonds. The second-order valence-corrected chi connectivity index (χ2v) is 8.46. The number of hydrogen-bond acceptors (Lipinski definition) is 6. The van der Waals surface area contributed by atoms with Gasteiger partial charge in [-0.2, -0.15) is 4.98 Å². The smallest absolute Gasteiger partial charge is 0.225 e. The predicted octanol–water partition coefficient (Wildman–Crippen LogP) is 4.46. The van der Waals surface area contributed by atoms with Gasteiger partial charge < -0.3 is 16.0 Å². The van der Waals surface area contributed by atoms with Gasteiger partial charge >= 0.3 is 0 Å². The Morgan fingerprint density at radius 2 is 2.03 bits per heavy atom. The van der Waals surface area contributed by atoms with Crippen molar-refractivity contribution in [3.8, 4) is 5.82 Å². The van der Waals surface area contributed by atoms with E-state index in [1.165, 1.54) is 24.0 Å². The zero-order chi connectivity index (χ0) is 21.9. The van der Waals surface area contributed by atoms with Crippen LogP contribution in [0.1, 0.15) is 36.9 Å². The molecule has 5 rings (SSSR count). The van der Waals surface area contributed by atoms with Gasteiger partial charge in [-0.15, -0.1) is 0 Å². The lowest BCUT2D eigenvalue weighted by Gasteiger charge is -2.15. The molecule has 7 heteroatoms. The number of hydrogen-bond donors (Lipinski definition) is 3. The van der Waals surface area contributed by atoms with Crippen LogP contribution in [0.4, 0.5) is 11.6 Å². The van der Waals surface area contributed by atoms with Crippen LogP contribution in [0.3, 0.4) is 0 Å². The summed E-state index contributed by atoms with van der Waals surface area (Å²) < 4.78 is 2.02. The number of benzene rings is 2. The van der Waals surface area contributed by atoms with Crippen LogP contribution in [0, 0.1) is 6.92 Å². The molecule has 0 saturated carbocycles. The summed E-state index contributed by atoms with van der Waals surface area (Å²) in [6, 6.07) is 17.2. The second kappa shape index (κ2) is 8.96. The molecule has 3 N–H and O–H groups in total. The molecule has 7 nitrogen and oxygen atoms in total. The van der Waals surface area contributed by atoms with Crippen molar-refractivity contribution in [1.82, 2.24) is 24.8 Å². The summed E-state index contributed by atoms with van der Waals surface area (Å²) in [5.41, 5.74) is 5.51. The third-order valence-corrected chi connectivity index (χ3v) is 6.13. The minimum absolute atomic E-state index is 0.108. The van der Waals surface area contributed by atoms with Crippen LogP contribution in [0.5, 0.6) is 0 Å². The van der Waals surface area contributed by atoms with Crippen LogP contribution < -0.4 is 16.0 Å². The number of rotatable bonds is 7. The Bertz CT molecular complexity index is 1200. The van der Waals surface area contributed by atoms with E-state index in [0.29, 0.717) is 12.0 Å². The van der Waals surface area contributed by atoms with Crippen molar-refractivity contribution in [2.45, 2.75) is 38.8 Å². The number of aromatic nitrogens is 4. The Labute approximate surface area is 188 Å². The van der Waals surface area contributed by atoms with Gasteiger partial charge in [0.25, 0.3) is 0 Å². The number of nitrogens with zero attached hydrogens (tertiary/aromatic N) is 4. The van der Waals surface area contributed by atoms with Gasteiger partial charge in [0.05, 0.1) is 17.1 Å². The van der Waals surface area contributed by atoms with Gasteiger partial charge in [-0.25, -0.2) is 9.97 Å². The van der Waals surface area contributed by atoms with Gasteiger partial charge in [0.15, 0.2) is 0 Å². The van der Waals surface area contributed by atoms with E-state index in [9.17, 15) is 0 Å². The number of anilines is 2. The number of imidazole rings is 1. The number of aryl methyl sites for hydroxylation is 1. The normalized spacial score (nSPS) is 16.9. The van der Waals surface area contributed by atoms with Crippen molar-refractivity contribution in [3.05, 3.63) is 72.2 Å². The highest BCUT2D eigenvalue weighted by molar-refractivity contribution is 5.83. The Balaban J connectivity index is 1.37. The molecule has 1 fully saturated rings. The summed E-state index contributed by atoms with van der Waals surface area (Å²) in [7, 11) is 0. The predicted molar refractivity (Wildman–Crippen MR) is 129 cm³/mol. The Morgan fingerprint density at radius 1 is 1.16 bits per heavy atom. The van der Waals surface area contributed by atoms with E-state index in [-0.39, 0.29) is 6.04 Å². The molecule has 1 saturated heterocycles. The van der Waals surface area contributed by atoms with Gasteiger partial charge in [-0.05, 0) is 62.6 Å². The van der Waals surface area contributed by atoms with Crippen LogP contribution in [0.2, 0.25) is 0 Å². The first kappa shape index (κ1) is 20.5. The lowest BCUT2D eigenvalue weighted by molar-refractivity contribution is 0.633.